The molecule has 0 saturated heterocycles. The van der Waals surface area contributed by atoms with Crippen LogP contribution in [0.3, 0.4) is 0 Å². The van der Waals surface area contributed by atoms with Crippen molar-refractivity contribution in [2.45, 2.75) is 77.6 Å². The normalized spacial score (nSPS) is 10.9. The molecule has 0 heterocycles. The number of nitrogens with two attached hydrogens (primary N) is 2. The van der Waals surface area contributed by atoms with E-state index in [-0.39, 0.29) is 5.78 Å². The highest BCUT2D eigenvalue weighted by Gasteiger charge is 2.10. The van der Waals surface area contributed by atoms with Crippen LogP contribution in [0.4, 0.5) is 11.4 Å². The second-order valence-corrected chi connectivity index (χ2v) is 7.85. The lowest BCUT2D eigenvalue weighted by molar-refractivity contribution is 0.103. The van der Waals surface area contributed by atoms with E-state index in [1.807, 2.05) is 12.1 Å². The first-order valence-corrected chi connectivity index (χ1v) is 10.9. The fourth-order valence-electron chi connectivity index (χ4n) is 3.61. The predicted molar refractivity (Wildman–Crippen MR) is 121 cm³/mol. The van der Waals surface area contributed by atoms with E-state index >= 15 is 0 Å². The molecule has 3 heteroatoms. The summed E-state index contributed by atoms with van der Waals surface area (Å²) in [6.45, 7) is 2.27. The van der Waals surface area contributed by atoms with Crippen molar-refractivity contribution in [1.82, 2.24) is 0 Å². The number of anilines is 2. The maximum absolute atomic E-state index is 12.6. The number of rotatable bonds is 13. The van der Waals surface area contributed by atoms with Gasteiger partial charge in [-0.1, -0.05) is 89.0 Å². The summed E-state index contributed by atoms with van der Waals surface area (Å²) in [5.41, 5.74) is 15.1. The second kappa shape index (κ2) is 12.2. The molecule has 4 N–H and O–H groups in total. The van der Waals surface area contributed by atoms with Crippen LogP contribution < -0.4 is 11.5 Å². The van der Waals surface area contributed by atoms with Crippen molar-refractivity contribution in [3.63, 3.8) is 0 Å². The van der Waals surface area contributed by atoms with Gasteiger partial charge in [0, 0.05) is 22.5 Å². The van der Waals surface area contributed by atoms with Crippen LogP contribution in [0.1, 0.15) is 92.6 Å². The zero-order valence-electron chi connectivity index (χ0n) is 17.4. The van der Waals surface area contributed by atoms with E-state index in [0.717, 1.165) is 6.42 Å². The fraction of sp³-hybridized carbons (Fsp3) is 0.480. The second-order valence-electron chi connectivity index (χ2n) is 7.85. The third-order valence-corrected chi connectivity index (χ3v) is 5.27. The monoisotopic (exact) mass is 380 g/mol. The molecule has 152 valence electrons. The molecule has 0 saturated carbocycles. The van der Waals surface area contributed by atoms with Gasteiger partial charge in [0.15, 0.2) is 5.78 Å². The minimum Gasteiger partial charge on any atom is -0.399 e. The molecule has 2 aromatic rings. The third-order valence-electron chi connectivity index (χ3n) is 5.27. The highest BCUT2D eigenvalue weighted by molar-refractivity contribution is 6.09. The Balaban J connectivity index is 1.68. The number of carbonyl (C=O) groups is 1. The number of ketones is 1. The maximum atomic E-state index is 12.6. The Labute approximate surface area is 170 Å². The number of hydrogen-bond donors (Lipinski definition) is 2. The van der Waals surface area contributed by atoms with Crippen molar-refractivity contribution in [2.75, 3.05) is 11.5 Å². The summed E-state index contributed by atoms with van der Waals surface area (Å²) < 4.78 is 0. The van der Waals surface area contributed by atoms with Gasteiger partial charge in [0.05, 0.1) is 0 Å². The van der Waals surface area contributed by atoms with Gasteiger partial charge in [-0.05, 0) is 36.6 Å². The molecule has 2 rings (SSSR count). The van der Waals surface area contributed by atoms with E-state index < -0.39 is 0 Å². The molecule has 0 aliphatic rings. The molecule has 0 spiro atoms. The summed E-state index contributed by atoms with van der Waals surface area (Å²) in [7, 11) is 0. The smallest absolute Gasteiger partial charge is 0.193 e. The Morgan fingerprint density at radius 1 is 0.679 bits per heavy atom. The van der Waals surface area contributed by atoms with Crippen LogP contribution >= 0.6 is 0 Å². The van der Waals surface area contributed by atoms with E-state index in [1.54, 1.807) is 18.2 Å². The van der Waals surface area contributed by atoms with E-state index in [2.05, 4.69) is 19.1 Å². The summed E-state index contributed by atoms with van der Waals surface area (Å²) in [5.74, 6) is -0.0375. The molecule has 2 aromatic carbocycles. The molecular weight excluding hydrogens is 344 g/mol. The highest BCUT2D eigenvalue weighted by atomic mass is 16.1. The van der Waals surface area contributed by atoms with Crippen molar-refractivity contribution < 1.29 is 4.79 Å². The van der Waals surface area contributed by atoms with Gasteiger partial charge in [-0.15, -0.1) is 0 Å². The molecule has 0 radical (unpaired) electrons. The molecule has 0 bridgehead atoms. The minimum absolute atomic E-state index is 0.0375. The summed E-state index contributed by atoms with van der Waals surface area (Å²) in [4.78, 5) is 12.6. The van der Waals surface area contributed by atoms with Crippen molar-refractivity contribution in [1.29, 1.82) is 0 Å². The van der Waals surface area contributed by atoms with Gasteiger partial charge in [-0.25, -0.2) is 0 Å². The molecule has 0 amide bonds. The SMILES string of the molecule is CCCCCCCCCCCCc1ccc(C(=O)c2cc(N)cc(N)c2)cc1. The lowest BCUT2D eigenvalue weighted by Crippen LogP contribution is -2.04. The van der Waals surface area contributed by atoms with Crippen LogP contribution in [0.25, 0.3) is 0 Å². The van der Waals surface area contributed by atoms with Crippen molar-refractivity contribution in [3.05, 3.63) is 59.2 Å². The predicted octanol–water partition coefficient (Wildman–Crippen LogP) is 6.55. The lowest BCUT2D eigenvalue weighted by Gasteiger charge is -2.06. The van der Waals surface area contributed by atoms with E-state index in [9.17, 15) is 4.79 Å². The third kappa shape index (κ3) is 7.75. The first kappa shape index (κ1) is 22.0. The Morgan fingerprint density at radius 3 is 1.71 bits per heavy atom. The Kier molecular flexibility index (Phi) is 9.61. The number of nitrogen functional groups attached to an aromatic ring is 2. The highest BCUT2D eigenvalue weighted by Crippen LogP contribution is 2.18. The van der Waals surface area contributed by atoms with Crippen LogP contribution in [0.15, 0.2) is 42.5 Å². The average molecular weight is 381 g/mol. The molecule has 0 aromatic heterocycles. The van der Waals surface area contributed by atoms with Crippen molar-refractivity contribution in [3.8, 4) is 0 Å². The Hall–Kier alpha value is -2.29. The van der Waals surface area contributed by atoms with Crippen LogP contribution in [0.2, 0.25) is 0 Å². The Bertz CT molecular complexity index is 702. The van der Waals surface area contributed by atoms with Crippen molar-refractivity contribution >= 4 is 17.2 Å². The first-order chi connectivity index (χ1) is 13.6. The topological polar surface area (TPSA) is 69.1 Å². The zero-order valence-corrected chi connectivity index (χ0v) is 17.4. The quantitative estimate of drug-likeness (QED) is 0.235. The van der Waals surface area contributed by atoms with E-state index in [0.29, 0.717) is 22.5 Å². The number of hydrogen-bond acceptors (Lipinski definition) is 3. The minimum atomic E-state index is -0.0375. The standard InChI is InChI=1S/C25H36N2O/c1-2-3-4-5-6-7-8-9-10-11-12-20-13-15-21(16-14-20)25(28)22-17-23(26)19-24(27)18-22/h13-19H,2-12,26-27H2,1H3. The molecule has 0 aliphatic carbocycles. The van der Waals surface area contributed by atoms with Crippen LogP contribution in [0, 0.1) is 0 Å². The van der Waals surface area contributed by atoms with Crippen LogP contribution in [-0.4, -0.2) is 5.78 Å². The Morgan fingerprint density at radius 2 is 1.18 bits per heavy atom. The van der Waals surface area contributed by atoms with Crippen LogP contribution in [0.5, 0.6) is 0 Å². The molecular formula is C25H36N2O. The number of carbonyl (C=O) groups excluding carboxylic acids is 1. The van der Waals surface area contributed by atoms with E-state index in [1.165, 1.54) is 69.8 Å². The molecule has 0 atom stereocenters. The first-order valence-electron chi connectivity index (χ1n) is 10.9. The zero-order chi connectivity index (χ0) is 20.2. The largest absolute Gasteiger partial charge is 0.399 e. The van der Waals surface area contributed by atoms with Gasteiger partial charge < -0.3 is 11.5 Å². The van der Waals surface area contributed by atoms with Gasteiger partial charge in [0.2, 0.25) is 0 Å². The molecule has 28 heavy (non-hydrogen) atoms. The summed E-state index contributed by atoms with van der Waals surface area (Å²) >= 11 is 0. The van der Waals surface area contributed by atoms with Gasteiger partial charge >= 0.3 is 0 Å². The number of unbranched alkanes of at least 4 members (excludes halogenated alkanes) is 9. The number of benzene rings is 2. The molecule has 3 nitrogen and oxygen atoms in total. The van der Waals surface area contributed by atoms with Crippen molar-refractivity contribution in [2.24, 2.45) is 0 Å². The van der Waals surface area contributed by atoms with E-state index in [4.69, 9.17) is 11.5 Å². The maximum Gasteiger partial charge on any atom is 0.193 e. The summed E-state index contributed by atoms with van der Waals surface area (Å²) in [5, 5.41) is 0. The lowest BCUT2D eigenvalue weighted by atomic mass is 9.99. The molecule has 0 aliphatic heterocycles. The molecule has 0 unspecified atom stereocenters. The summed E-state index contributed by atoms with van der Waals surface area (Å²) in [6, 6.07) is 13.0. The molecule has 0 fully saturated rings. The average Bonchev–Trinajstić information content (AvgIpc) is 2.68. The van der Waals surface area contributed by atoms with Crippen LogP contribution in [-0.2, 0) is 6.42 Å². The fourth-order valence-corrected chi connectivity index (χ4v) is 3.61. The summed E-state index contributed by atoms with van der Waals surface area (Å²) in [6.07, 6.45) is 14.6. The van der Waals surface area contributed by atoms with Gasteiger partial charge in [-0.3, -0.25) is 4.79 Å². The number of aryl methyl sites for hydroxylation is 1. The van der Waals surface area contributed by atoms with Gasteiger partial charge in [-0.2, -0.15) is 0 Å². The van der Waals surface area contributed by atoms with Gasteiger partial charge in [0.1, 0.15) is 0 Å². The van der Waals surface area contributed by atoms with Gasteiger partial charge in [0.25, 0.3) is 0 Å².